The van der Waals surface area contributed by atoms with Gasteiger partial charge in [-0.15, -0.1) is 0 Å². The van der Waals surface area contributed by atoms with Crippen LogP contribution >= 0.6 is 0 Å². The summed E-state index contributed by atoms with van der Waals surface area (Å²) in [5.74, 6) is 0.543. The molecular formula is C19H22N4O3. The van der Waals surface area contributed by atoms with E-state index in [9.17, 15) is 9.59 Å². The van der Waals surface area contributed by atoms with Gasteiger partial charge in [-0.05, 0) is 43.5 Å². The lowest BCUT2D eigenvalue weighted by molar-refractivity contribution is 0.0745. The molecule has 26 heavy (non-hydrogen) atoms. The van der Waals surface area contributed by atoms with Crippen LogP contribution in [0.3, 0.4) is 0 Å². The van der Waals surface area contributed by atoms with Crippen molar-refractivity contribution in [2.24, 2.45) is 7.05 Å². The maximum Gasteiger partial charge on any atom is 0.272 e. The number of amides is 2. The maximum absolute atomic E-state index is 13.0. The first-order chi connectivity index (χ1) is 12.5. The highest BCUT2D eigenvalue weighted by molar-refractivity contribution is 5.97. The van der Waals surface area contributed by atoms with Crippen molar-refractivity contribution in [3.63, 3.8) is 0 Å². The molecule has 1 aliphatic carbocycles. The van der Waals surface area contributed by atoms with E-state index in [0.29, 0.717) is 24.3 Å². The standard InChI is InChI=1S/C19H22N4O3/c1-11-8-13(26-3)6-7-14(11)19(25)23-9-15-16(10-23)22(2)21-17(15)18(24)20-12-4-5-12/h6-8,12H,4-5,9-10H2,1-3H3,(H,20,24). The van der Waals surface area contributed by atoms with Gasteiger partial charge in [0, 0.05) is 24.2 Å². The Kier molecular flexibility index (Phi) is 3.94. The summed E-state index contributed by atoms with van der Waals surface area (Å²) < 4.78 is 6.92. The lowest BCUT2D eigenvalue weighted by Crippen LogP contribution is -2.29. The summed E-state index contributed by atoms with van der Waals surface area (Å²) in [6.07, 6.45) is 2.06. The van der Waals surface area contributed by atoms with Crippen molar-refractivity contribution < 1.29 is 14.3 Å². The number of hydrogen-bond donors (Lipinski definition) is 1. The van der Waals surface area contributed by atoms with E-state index < -0.39 is 0 Å². The number of aromatic nitrogens is 2. The zero-order valence-electron chi connectivity index (χ0n) is 15.2. The summed E-state index contributed by atoms with van der Waals surface area (Å²) in [6, 6.07) is 5.71. The van der Waals surface area contributed by atoms with Crippen molar-refractivity contribution in [3.8, 4) is 5.75 Å². The average molecular weight is 354 g/mol. The molecule has 2 aliphatic rings. The molecule has 7 heteroatoms. The molecule has 0 bridgehead atoms. The van der Waals surface area contributed by atoms with Crippen LogP contribution in [0, 0.1) is 6.92 Å². The van der Waals surface area contributed by atoms with Gasteiger partial charge in [-0.1, -0.05) is 0 Å². The number of carbonyl (C=O) groups excluding carboxylic acids is 2. The fraction of sp³-hybridized carbons (Fsp3) is 0.421. The van der Waals surface area contributed by atoms with Crippen molar-refractivity contribution in [1.82, 2.24) is 20.0 Å². The molecule has 2 amide bonds. The second-order valence-electron chi connectivity index (χ2n) is 6.99. The van der Waals surface area contributed by atoms with Crippen LogP contribution in [0.2, 0.25) is 0 Å². The first-order valence-electron chi connectivity index (χ1n) is 8.77. The lowest BCUT2D eigenvalue weighted by Gasteiger charge is -2.18. The molecule has 7 nitrogen and oxygen atoms in total. The Balaban J connectivity index is 1.56. The minimum atomic E-state index is -0.140. The van der Waals surface area contributed by atoms with Gasteiger partial charge in [0.25, 0.3) is 11.8 Å². The van der Waals surface area contributed by atoms with Gasteiger partial charge in [-0.3, -0.25) is 14.3 Å². The van der Waals surface area contributed by atoms with E-state index in [4.69, 9.17) is 4.74 Å². The minimum absolute atomic E-state index is 0.0464. The van der Waals surface area contributed by atoms with Crippen molar-refractivity contribution in [3.05, 3.63) is 46.3 Å². The van der Waals surface area contributed by atoms with Crippen LogP contribution in [0.15, 0.2) is 18.2 Å². The number of fused-ring (bicyclic) bond motifs is 1. The normalized spacial score (nSPS) is 15.7. The Morgan fingerprint density at radius 3 is 2.69 bits per heavy atom. The number of benzene rings is 1. The summed E-state index contributed by atoms with van der Waals surface area (Å²) in [6.45, 7) is 2.76. The van der Waals surface area contributed by atoms with E-state index >= 15 is 0 Å². The lowest BCUT2D eigenvalue weighted by atomic mass is 10.1. The Morgan fingerprint density at radius 2 is 2.04 bits per heavy atom. The molecular weight excluding hydrogens is 332 g/mol. The largest absolute Gasteiger partial charge is 0.497 e. The van der Waals surface area contributed by atoms with Crippen LogP contribution in [-0.2, 0) is 20.1 Å². The molecule has 2 aromatic rings. The van der Waals surface area contributed by atoms with Gasteiger partial charge in [-0.2, -0.15) is 5.10 Å². The summed E-state index contributed by atoms with van der Waals surface area (Å²) in [5, 5.41) is 7.35. The van der Waals surface area contributed by atoms with Gasteiger partial charge in [-0.25, -0.2) is 0 Å². The molecule has 1 aromatic carbocycles. The highest BCUT2D eigenvalue weighted by Crippen LogP contribution is 2.29. The van der Waals surface area contributed by atoms with E-state index in [2.05, 4.69) is 10.4 Å². The van der Waals surface area contributed by atoms with Crippen LogP contribution in [0.1, 0.15) is 50.5 Å². The first kappa shape index (κ1) is 16.6. The third-order valence-electron chi connectivity index (χ3n) is 5.04. The van der Waals surface area contributed by atoms with Crippen molar-refractivity contribution in [1.29, 1.82) is 0 Å². The number of rotatable bonds is 4. The molecule has 1 N–H and O–H groups in total. The Morgan fingerprint density at radius 1 is 1.27 bits per heavy atom. The molecule has 1 fully saturated rings. The Labute approximate surface area is 151 Å². The number of nitrogens with zero attached hydrogens (tertiary/aromatic N) is 3. The highest BCUT2D eigenvalue weighted by atomic mass is 16.5. The first-order valence-corrected chi connectivity index (χ1v) is 8.77. The molecule has 136 valence electrons. The number of methoxy groups -OCH3 is 1. The van der Waals surface area contributed by atoms with Gasteiger partial charge in [0.1, 0.15) is 5.75 Å². The predicted octanol–water partition coefficient (Wildman–Crippen LogP) is 1.79. The number of ether oxygens (including phenoxy) is 1. The third kappa shape index (κ3) is 2.83. The Hall–Kier alpha value is -2.83. The average Bonchev–Trinajstić information content (AvgIpc) is 3.23. The highest BCUT2D eigenvalue weighted by Gasteiger charge is 2.34. The predicted molar refractivity (Wildman–Crippen MR) is 95.0 cm³/mol. The van der Waals surface area contributed by atoms with E-state index in [0.717, 1.165) is 35.4 Å². The van der Waals surface area contributed by atoms with Gasteiger partial charge in [0.2, 0.25) is 0 Å². The molecule has 2 heterocycles. The summed E-state index contributed by atoms with van der Waals surface area (Å²) in [5.41, 5.74) is 3.73. The molecule has 0 saturated heterocycles. The fourth-order valence-electron chi connectivity index (χ4n) is 3.38. The Bertz CT molecular complexity index is 898. The second kappa shape index (κ2) is 6.16. The van der Waals surface area contributed by atoms with Gasteiger partial charge < -0.3 is 15.0 Å². The molecule has 0 spiro atoms. The van der Waals surface area contributed by atoms with E-state index in [-0.39, 0.29) is 17.9 Å². The third-order valence-corrected chi connectivity index (χ3v) is 5.04. The van der Waals surface area contributed by atoms with Crippen molar-refractivity contribution in [2.45, 2.75) is 38.9 Å². The maximum atomic E-state index is 13.0. The van der Waals surface area contributed by atoms with E-state index in [1.165, 1.54) is 0 Å². The zero-order chi connectivity index (χ0) is 18.4. The van der Waals surface area contributed by atoms with Crippen LogP contribution in [0.25, 0.3) is 0 Å². The molecule has 0 radical (unpaired) electrons. The van der Waals surface area contributed by atoms with Crippen molar-refractivity contribution >= 4 is 11.8 Å². The number of aryl methyl sites for hydroxylation is 2. The van der Waals surface area contributed by atoms with Gasteiger partial charge in [0.05, 0.1) is 25.9 Å². The number of carbonyl (C=O) groups is 2. The van der Waals surface area contributed by atoms with E-state index in [1.807, 2.05) is 20.0 Å². The smallest absolute Gasteiger partial charge is 0.272 e. The zero-order valence-corrected chi connectivity index (χ0v) is 15.2. The van der Waals surface area contributed by atoms with Crippen LogP contribution in [-0.4, -0.2) is 39.6 Å². The minimum Gasteiger partial charge on any atom is -0.497 e. The van der Waals surface area contributed by atoms with Crippen LogP contribution in [0.4, 0.5) is 0 Å². The van der Waals surface area contributed by atoms with Gasteiger partial charge in [0.15, 0.2) is 5.69 Å². The van der Waals surface area contributed by atoms with E-state index in [1.54, 1.807) is 28.8 Å². The summed E-state index contributed by atoms with van der Waals surface area (Å²) in [7, 11) is 3.42. The molecule has 0 unspecified atom stereocenters. The second-order valence-corrected chi connectivity index (χ2v) is 6.99. The summed E-state index contributed by atoms with van der Waals surface area (Å²) >= 11 is 0. The molecule has 1 saturated carbocycles. The fourth-order valence-corrected chi connectivity index (χ4v) is 3.38. The van der Waals surface area contributed by atoms with Crippen LogP contribution < -0.4 is 10.1 Å². The molecule has 0 atom stereocenters. The topological polar surface area (TPSA) is 76.5 Å². The number of nitrogens with one attached hydrogen (secondary N) is 1. The molecule has 4 rings (SSSR count). The van der Waals surface area contributed by atoms with Gasteiger partial charge >= 0.3 is 0 Å². The monoisotopic (exact) mass is 354 g/mol. The quantitative estimate of drug-likeness (QED) is 0.908. The van der Waals surface area contributed by atoms with Crippen molar-refractivity contribution in [2.75, 3.05) is 7.11 Å². The molecule has 1 aromatic heterocycles. The molecule has 1 aliphatic heterocycles. The SMILES string of the molecule is COc1ccc(C(=O)N2Cc3c(C(=O)NC4CC4)nn(C)c3C2)c(C)c1. The number of hydrogen-bond acceptors (Lipinski definition) is 4. The van der Waals surface area contributed by atoms with Crippen LogP contribution in [0.5, 0.6) is 5.75 Å². The summed E-state index contributed by atoms with van der Waals surface area (Å²) in [4.78, 5) is 27.2.